The Morgan fingerprint density at radius 3 is 2.55 bits per heavy atom. The number of esters is 1. The first kappa shape index (κ1) is 22.4. The van der Waals surface area contributed by atoms with E-state index in [1.807, 2.05) is 18.2 Å². The summed E-state index contributed by atoms with van der Waals surface area (Å²) in [6.07, 6.45) is 0. The molecule has 0 saturated heterocycles. The van der Waals surface area contributed by atoms with E-state index in [9.17, 15) is 9.59 Å². The average molecular weight is 465 g/mol. The maximum atomic E-state index is 13.5. The lowest BCUT2D eigenvalue weighted by Gasteiger charge is -2.13. The minimum atomic E-state index is -0.736. The van der Waals surface area contributed by atoms with Gasteiger partial charge >= 0.3 is 5.97 Å². The molecule has 0 aliphatic carbocycles. The largest absolute Gasteiger partial charge is 0.496 e. The Morgan fingerprint density at radius 1 is 1.03 bits per heavy atom. The van der Waals surface area contributed by atoms with Crippen LogP contribution < -0.4 is 14.9 Å². The van der Waals surface area contributed by atoms with E-state index in [1.54, 1.807) is 55.5 Å². The molecule has 0 bridgehead atoms. The molecule has 1 heterocycles. The van der Waals surface area contributed by atoms with Crippen LogP contribution in [0.4, 0.5) is 0 Å². The number of benzene rings is 3. The van der Waals surface area contributed by atoms with Crippen molar-refractivity contribution in [3.05, 3.63) is 93.3 Å². The summed E-state index contributed by atoms with van der Waals surface area (Å²) in [5.74, 6) is -0.0262. The SMILES string of the molecule is CCOC(=O)c1oc2cc(OCc3ccccc3Cl)ccc2c(=O)c1-c1ccccc1OC. The Balaban J connectivity index is 1.82. The highest BCUT2D eigenvalue weighted by Crippen LogP contribution is 2.33. The quantitative estimate of drug-likeness (QED) is 0.318. The van der Waals surface area contributed by atoms with Crippen molar-refractivity contribution in [3.8, 4) is 22.6 Å². The molecule has 33 heavy (non-hydrogen) atoms. The summed E-state index contributed by atoms with van der Waals surface area (Å²) in [5.41, 5.74) is 1.18. The molecule has 6 nitrogen and oxygen atoms in total. The number of halogens is 1. The predicted octanol–water partition coefficient (Wildman–Crippen LogP) is 5.88. The summed E-state index contributed by atoms with van der Waals surface area (Å²) in [5, 5.41) is 0.893. The van der Waals surface area contributed by atoms with Gasteiger partial charge in [0, 0.05) is 22.2 Å². The third-order valence-corrected chi connectivity index (χ3v) is 5.42. The van der Waals surface area contributed by atoms with Gasteiger partial charge in [0.15, 0.2) is 0 Å². The monoisotopic (exact) mass is 464 g/mol. The number of para-hydroxylation sites is 1. The Kier molecular flexibility index (Phi) is 6.66. The highest BCUT2D eigenvalue weighted by atomic mass is 35.5. The first-order valence-electron chi connectivity index (χ1n) is 10.3. The third kappa shape index (κ3) is 4.56. The molecule has 0 N–H and O–H groups in total. The number of carbonyl (C=O) groups is 1. The van der Waals surface area contributed by atoms with Crippen LogP contribution in [0.2, 0.25) is 5.02 Å². The van der Waals surface area contributed by atoms with Crippen LogP contribution in [0.5, 0.6) is 11.5 Å². The summed E-state index contributed by atoms with van der Waals surface area (Å²) < 4.78 is 22.3. The van der Waals surface area contributed by atoms with Gasteiger partial charge < -0.3 is 18.6 Å². The minimum absolute atomic E-state index is 0.0862. The van der Waals surface area contributed by atoms with Gasteiger partial charge in [-0.1, -0.05) is 48.0 Å². The molecule has 168 valence electrons. The number of ether oxygens (including phenoxy) is 3. The predicted molar refractivity (Wildman–Crippen MR) is 126 cm³/mol. The fourth-order valence-electron chi connectivity index (χ4n) is 3.48. The molecular formula is C26H21ClO6. The molecule has 0 unspecified atom stereocenters. The minimum Gasteiger partial charge on any atom is -0.496 e. The first-order chi connectivity index (χ1) is 16.0. The molecule has 0 spiro atoms. The van der Waals surface area contributed by atoms with E-state index < -0.39 is 5.97 Å². The van der Waals surface area contributed by atoms with Crippen molar-refractivity contribution in [1.29, 1.82) is 0 Å². The molecule has 0 fully saturated rings. The van der Waals surface area contributed by atoms with E-state index in [-0.39, 0.29) is 35.5 Å². The van der Waals surface area contributed by atoms with Gasteiger partial charge in [0.05, 0.1) is 24.7 Å². The molecule has 0 radical (unpaired) electrons. The van der Waals surface area contributed by atoms with Crippen LogP contribution in [0.15, 0.2) is 75.9 Å². The van der Waals surface area contributed by atoms with Crippen LogP contribution in [-0.4, -0.2) is 19.7 Å². The number of hydrogen-bond acceptors (Lipinski definition) is 6. The average Bonchev–Trinajstić information content (AvgIpc) is 2.83. The topological polar surface area (TPSA) is 75.0 Å². The van der Waals surface area contributed by atoms with Gasteiger partial charge in [0.25, 0.3) is 0 Å². The summed E-state index contributed by atoms with van der Waals surface area (Å²) >= 11 is 6.19. The fourth-order valence-corrected chi connectivity index (χ4v) is 3.67. The zero-order valence-electron chi connectivity index (χ0n) is 18.1. The number of hydrogen-bond donors (Lipinski definition) is 0. The standard InChI is InChI=1S/C26H21ClO6/c1-3-31-26(29)25-23(18-9-5-7-11-21(18)30-2)24(28)19-13-12-17(14-22(19)33-25)32-15-16-8-4-6-10-20(16)27/h4-14H,3,15H2,1-2H3. The summed E-state index contributed by atoms with van der Waals surface area (Å²) in [4.78, 5) is 26.2. The highest BCUT2D eigenvalue weighted by Gasteiger charge is 2.25. The molecule has 4 rings (SSSR count). The van der Waals surface area contributed by atoms with Gasteiger partial charge in [-0.2, -0.15) is 0 Å². The second kappa shape index (κ2) is 9.79. The van der Waals surface area contributed by atoms with Gasteiger partial charge in [-0.3, -0.25) is 4.79 Å². The lowest BCUT2D eigenvalue weighted by Crippen LogP contribution is -2.15. The van der Waals surface area contributed by atoms with Crippen molar-refractivity contribution in [3.63, 3.8) is 0 Å². The van der Waals surface area contributed by atoms with Crippen molar-refractivity contribution >= 4 is 28.5 Å². The Hall–Kier alpha value is -3.77. The second-order valence-electron chi connectivity index (χ2n) is 7.09. The molecule has 0 aliphatic rings. The van der Waals surface area contributed by atoms with Gasteiger partial charge in [0.2, 0.25) is 11.2 Å². The van der Waals surface area contributed by atoms with E-state index in [2.05, 4.69) is 0 Å². The molecular weight excluding hydrogens is 444 g/mol. The molecule has 7 heteroatoms. The van der Waals surface area contributed by atoms with E-state index >= 15 is 0 Å². The van der Waals surface area contributed by atoms with Crippen LogP contribution in [0.3, 0.4) is 0 Å². The van der Waals surface area contributed by atoms with Gasteiger partial charge in [0.1, 0.15) is 23.7 Å². The Labute approximate surface area is 195 Å². The van der Waals surface area contributed by atoms with E-state index in [0.29, 0.717) is 27.5 Å². The fraction of sp³-hybridized carbons (Fsp3) is 0.154. The van der Waals surface area contributed by atoms with Crippen LogP contribution >= 0.6 is 11.6 Å². The zero-order chi connectivity index (χ0) is 23.4. The Morgan fingerprint density at radius 2 is 1.79 bits per heavy atom. The maximum Gasteiger partial charge on any atom is 0.375 e. The maximum absolute atomic E-state index is 13.5. The number of methoxy groups -OCH3 is 1. The molecule has 0 saturated carbocycles. The number of carbonyl (C=O) groups excluding carboxylic acids is 1. The van der Waals surface area contributed by atoms with E-state index in [1.165, 1.54) is 7.11 Å². The molecule has 4 aromatic rings. The molecule has 0 atom stereocenters. The van der Waals surface area contributed by atoms with Crippen LogP contribution in [0, 0.1) is 0 Å². The highest BCUT2D eigenvalue weighted by molar-refractivity contribution is 6.31. The third-order valence-electron chi connectivity index (χ3n) is 5.05. The normalized spacial score (nSPS) is 10.8. The lowest BCUT2D eigenvalue weighted by atomic mass is 10.0. The number of fused-ring (bicyclic) bond motifs is 1. The number of rotatable bonds is 7. The molecule has 0 amide bonds. The van der Waals surface area contributed by atoms with Gasteiger partial charge in [-0.25, -0.2) is 4.79 Å². The summed E-state index contributed by atoms with van der Waals surface area (Å²) in [6, 6.07) is 19.1. The molecule has 1 aromatic heterocycles. The Bertz CT molecular complexity index is 1380. The van der Waals surface area contributed by atoms with Crippen LogP contribution in [0.25, 0.3) is 22.1 Å². The zero-order valence-corrected chi connectivity index (χ0v) is 18.8. The van der Waals surface area contributed by atoms with Crippen molar-refractivity contribution in [1.82, 2.24) is 0 Å². The van der Waals surface area contributed by atoms with E-state index in [4.69, 9.17) is 30.2 Å². The van der Waals surface area contributed by atoms with Crippen molar-refractivity contribution in [2.75, 3.05) is 13.7 Å². The summed E-state index contributed by atoms with van der Waals surface area (Å²) in [7, 11) is 1.49. The van der Waals surface area contributed by atoms with Gasteiger partial charge in [-0.15, -0.1) is 0 Å². The van der Waals surface area contributed by atoms with Crippen molar-refractivity contribution < 1.29 is 23.4 Å². The lowest BCUT2D eigenvalue weighted by molar-refractivity contribution is 0.0492. The van der Waals surface area contributed by atoms with Crippen molar-refractivity contribution in [2.45, 2.75) is 13.5 Å². The van der Waals surface area contributed by atoms with Crippen LogP contribution in [0.1, 0.15) is 23.0 Å². The smallest absolute Gasteiger partial charge is 0.375 e. The molecule has 3 aromatic carbocycles. The van der Waals surface area contributed by atoms with E-state index in [0.717, 1.165) is 5.56 Å². The summed E-state index contributed by atoms with van der Waals surface area (Å²) in [6.45, 7) is 2.05. The van der Waals surface area contributed by atoms with Crippen LogP contribution in [-0.2, 0) is 11.3 Å². The second-order valence-corrected chi connectivity index (χ2v) is 7.50. The van der Waals surface area contributed by atoms with Gasteiger partial charge in [-0.05, 0) is 31.2 Å². The van der Waals surface area contributed by atoms with Crippen molar-refractivity contribution in [2.24, 2.45) is 0 Å². The first-order valence-corrected chi connectivity index (χ1v) is 10.7. The molecule has 0 aliphatic heterocycles.